The lowest BCUT2D eigenvalue weighted by molar-refractivity contribution is -0.143. The molecule has 11 heteroatoms. The molecule has 2 aliphatic heterocycles. The van der Waals surface area contributed by atoms with Crippen LogP contribution in [0.2, 0.25) is 0 Å². The van der Waals surface area contributed by atoms with Crippen molar-refractivity contribution in [2.45, 2.75) is 12.1 Å². The average Bonchev–Trinajstić information content (AvgIpc) is 2.79. The van der Waals surface area contributed by atoms with E-state index in [0.717, 1.165) is 17.7 Å². The molecule has 1 aromatic heterocycles. The van der Waals surface area contributed by atoms with Crippen molar-refractivity contribution in [2.75, 3.05) is 25.0 Å². The molecule has 3 heterocycles. The van der Waals surface area contributed by atoms with Crippen LogP contribution in [0.4, 0.5) is 14.9 Å². The smallest absolute Gasteiger partial charge is 0.416 e. The van der Waals surface area contributed by atoms with Crippen LogP contribution in [0.3, 0.4) is 0 Å². The Balaban J connectivity index is 1.44. The third kappa shape index (κ3) is 3.94. The van der Waals surface area contributed by atoms with E-state index in [0.29, 0.717) is 28.6 Å². The zero-order valence-electron chi connectivity index (χ0n) is 17.6. The molecule has 0 saturated carbocycles. The zero-order chi connectivity index (χ0) is 22.8. The summed E-state index contributed by atoms with van der Waals surface area (Å²) in [5.74, 6) is 0.727. The third-order valence-corrected chi connectivity index (χ3v) is 6.03. The lowest BCUT2D eigenvalue weighted by atomic mass is 9.84. The number of aromatic nitrogens is 2. The summed E-state index contributed by atoms with van der Waals surface area (Å²) in [6, 6.07) is 10.3. The first-order valence-corrected chi connectivity index (χ1v) is 10.9. The first kappa shape index (κ1) is 21.4. The number of carbonyl (C=O) groups excluding carboxylic acids is 1. The molecule has 33 heavy (non-hydrogen) atoms. The molecule has 0 bridgehead atoms. The Labute approximate surface area is 193 Å². The van der Waals surface area contributed by atoms with Crippen LogP contribution in [0, 0.1) is 5.82 Å². The Bertz CT molecular complexity index is 1180. The van der Waals surface area contributed by atoms with E-state index >= 15 is 4.39 Å². The highest BCUT2D eigenvalue weighted by molar-refractivity contribution is 7.98. The van der Waals surface area contributed by atoms with E-state index in [-0.39, 0.29) is 19.8 Å². The number of hydrogen-bond acceptors (Lipinski definition) is 9. The molecule has 3 aromatic rings. The van der Waals surface area contributed by atoms with Gasteiger partial charge in [0.25, 0.3) is 0 Å². The molecule has 2 aromatic carbocycles. The minimum Gasteiger partial charge on any atom is -0.437 e. The summed E-state index contributed by atoms with van der Waals surface area (Å²) in [6.07, 6.45) is 3.98. The van der Waals surface area contributed by atoms with Crippen molar-refractivity contribution in [1.29, 1.82) is 0 Å². The summed E-state index contributed by atoms with van der Waals surface area (Å²) in [4.78, 5) is 22.6. The molecule has 1 spiro atoms. The Kier molecular flexibility index (Phi) is 5.75. The first-order chi connectivity index (χ1) is 16.1. The van der Waals surface area contributed by atoms with Crippen molar-refractivity contribution in [3.05, 3.63) is 71.9 Å². The molecule has 5 rings (SSSR count). The predicted octanol–water partition coefficient (Wildman–Crippen LogP) is 3.84. The van der Waals surface area contributed by atoms with Crippen LogP contribution < -0.4 is 18.9 Å². The molecular weight excluding hydrogens is 449 g/mol. The molecule has 1 fully saturated rings. The maximum Gasteiger partial charge on any atom is 0.416 e. The van der Waals surface area contributed by atoms with Gasteiger partial charge in [0.2, 0.25) is 5.88 Å². The van der Waals surface area contributed by atoms with Gasteiger partial charge in [0, 0.05) is 41.7 Å². The number of nitrogens with one attached hydrogen (secondary N) is 2. The van der Waals surface area contributed by atoms with Crippen LogP contribution in [0.25, 0.3) is 0 Å². The first-order valence-electron chi connectivity index (χ1n) is 10.1. The summed E-state index contributed by atoms with van der Waals surface area (Å²) in [5, 5.41) is 0. The van der Waals surface area contributed by atoms with Gasteiger partial charge in [-0.1, -0.05) is 12.1 Å². The van der Waals surface area contributed by atoms with E-state index in [4.69, 9.17) is 14.2 Å². The minimum atomic E-state index is -0.745. The second kappa shape index (κ2) is 8.85. The second-order valence-electron chi connectivity index (χ2n) is 7.47. The van der Waals surface area contributed by atoms with Crippen molar-refractivity contribution < 1.29 is 23.4 Å². The van der Waals surface area contributed by atoms with E-state index in [1.54, 1.807) is 43.6 Å². The Morgan fingerprint density at radius 3 is 2.88 bits per heavy atom. The van der Waals surface area contributed by atoms with Crippen LogP contribution in [-0.4, -0.2) is 41.2 Å². The molecule has 9 nitrogen and oxygen atoms in total. The minimum absolute atomic E-state index is 0.0328. The third-order valence-electron chi connectivity index (χ3n) is 5.50. The van der Waals surface area contributed by atoms with Gasteiger partial charge in [-0.25, -0.2) is 18.9 Å². The topological polar surface area (TPSA) is 97.8 Å². The van der Waals surface area contributed by atoms with E-state index in [1.807, 2.05) is 6.07 Å². The molecule has 1 saturated heterocycles. The summed E-state index contributed by atoms with van der Waals surface area (Å²) < 4.78 is 37.6. The number of amides is 1. The summed E-state index contributed by atoms with van der Waals surface area (Å²) in [5.41, 5.74) is 0.722. The van der Waals surface area contributed by atoms with Gasteiger partial charge in [0.05, 0.1) is 31.6 Å². The summed E-state index contributed by atoms with van der Waals surface area (Å²) in [6.45, 7) is 0.605. The van der Waals surface area contributed by atoms with Crippen LogP contribution in [0.1, 0.15) is 11.1 Å². The largest absolute Gasteiger partial charge is 0.437 e. The van der Waals surface area contributed by atoms with E-state index in [1.165, 1.54) is 17.3 Å². The second-order valence-corrected chi connectivity index (χ2v) is 8.29. The van der Waals surface area contributed by atoms with Gasteiger partial charge in [-0.05, 0) is 25.2 Å². The van der Waals surface area contributed by atoms with Crippen molar-refractivity contribution in [2.24, 2.45) is 0 Å². The lowest BCUT2D eigenvalue weighted by Crippen LogP contribution is -2.63. The fourth-order valence-corrected chi connectivity index (χ4v) is 4.21. The Morgan fingerprint density at radius 2 is 2.15 bits per heavy atom. The van der Waals surface area contributed by atoms with Gasteiger partial charge < -0.3 is 18.9 Å². The van der Waals surface area contributed by atoms with Gasteiger partial charge in [-0.2, -0.15) is 0 Å². The summed E-state index contributed by atoms with van der Waals surface area (Å²) >= 11 is 1.15. The molecule has 1 amide bonds. The van der Waals surface area contributed by atoms with Crippen LogP contribution >= 0.6 is 12.1 Å². The fourth-order valence-electron chi connectivity index (χ4n) is 3.84. The number of nitrogens with zero attached hydrogens (tertiary/aromatic N) is 3. The molecule has 0 radical (unpaired) electrons. The van der Waals surface area contributed by atoms with Gasteiger partial charge >= 0.3 is 6.09 Å². The lowest BCUT2D eigenvalue weighted by Gasteiger charge is -2.51. The maximum atomic E-state index is 15.1. The van der Waals surface area contributed by atoms with Crippen molar-refractivity contribution in [3.63, 3.8) is 0 Å². The van der Waals surface area contributed by atoms with Gasteiger partial charge in [0.15, 0.2) is 5.82 Å². The van der Waals surface area contributed by atoms with Gasteiger partial charge in [0.1, 0.15) is 17.0 Å². The molecule has 0 unspecified atom stereocenters. The molecule has 170 valence electrons. The van der Waals surface area contributed by atoms with Crippen LogP contribution in [0.5, 0.6) is 17.4 Å². The number of hydrogen-bond donors (Lipinski definition) is 2. The molecule has 2 N–H and O–H groups in total. The van der Waals surface area contributed by atoms with Crippen LogP contribution in [0.15, 0.2) is 55.0 Å². The molecular formula is C22H20FN5O4S. The number of rotatable bonds is 7. The number of anilines is 1. The SMILES string of the molecule is CNSNc1cccc(CN2C(=O)Oc3cc(Oc4cnccn4)ccc3C23COC3)c1F. The highest BCUT2D eigenvalue weighted by Crippen LogP contribution is 2.47. The number of carbonyl (C=O) groups is 1. The van der Waals surface area contributed by atoms with E-state index < -0.39 is 17.4 Å². The normalized spacial score (nSPS) is 16.1. The van der Waals surface area contributed by atoms with E-state index in [9.17, 15) is 4.79 Å². The van der Waals surface area contributed by atoms with Crippen molar-refractivity contribution >= 4 is 23.9 Å². The van der Waals surface area contributed by atoms with E-state index in [2.05, 4.69) is 19.4 Å². The van der Waals surface area contributed by atoms with Crippen LogP contribution in [-0.2, 0) is 16.8 Å². The maximum absolute atomic E-state index is 15.1. The monoisotopic (exact) mass is 469 g/mol. The average molecular weight is 469 g/mol. The van der Waals surface area contributed by atoms with Crippen molar-refractivity contribution in [1.82, 2.24) is 19.6 Å². The Hall–Kier alpha value is -3.41. The molecule has 0 atom stereocenters. The standard InChI is InChI=1S/C22H20FN5O4S/c1-24-33-27-17-4-2-3-14(20(17)23)11-28-21(29)32-18-9-15(31-19-10-25-7-8-26-19)5-6-16(18)22(28)12-30-13-22/h2-10,24,27H,11-13H2,1H3. The Morgan fingerprint density at radius 1 is 1.27 bits per heavy atom. The number of fused-ring (bicyclic) bond motifs is 2. The summed E-state index contributed by atoms with van der Waals surface area (Å²) in [7, 11) is 1.73. The quantitative estimate of drug-likeness (QED) is 0.500. The highest BCUT2D eigenvalue weighted by atomic mass is 32.2. The highest BCUT2D eigenvalue weighted by Gasteiger charge is 2.53. The van der Waals surface area contributed by atoms with Gasteiger partial charge in [-0.3, -0.25) is 9.88 Å². The van der Waals surface area contributed by atoms with Gasteiger partial charge in [-0.15, -0.1) is 0 Å². The fraction of sp³-hybridized carbons (Fsp3) is 0.227. The number of ether oxygens (including phenoxy) is 3. The molecule has 2 aliphatic rings. The van der Waals surface area contributed by atoms with Crippen molar-refractivity contribution in [3.8, 4) is 17.4 Å². The number of benzene rings is 2. The zero-order valence-corrected chi connectivity index (χ0v) is 18.4. The predicted molar refractivity (Wildman–Crippen MR) is 119 cm³/mol. The molecule has 0 aliphatic carbocycles. The number of halogens is 1.